The molecule has 1 saturated heterocycles. The number of amides is 2. The number of carbonyl (C=O) groups is 2. The molecule has 28 heavy (non-hydrogen) atoms. The molecule has 0 spiro atoms. The molecule has 2 heterocycles. The van der Waals surface area contributed by atoms with E-state index in [0.29, 0.717) is 24.6 Å². The summed E-state index contributed by atoms with van der Waals surface area (Å²) in [6, 6.07) is 5.58. The molecule has 0 saturated carbocycles. The zero-order valence-electron chi connectivity index (χ0n) is 16.4. The lowest BCUT2D eigenvalue weighted by Gasteiger charge is -2.32. The Morgan fingerprint density at radius 3 is 2.89 bits per heavy atom. The molecule has 1 N–H and O–H groups in total. The molecule has 1 fully saturated rings. The van der Waals surface area contributed by atoms with E-state index in [1.165, 1.54) is 12.4 Å². The number of rotatable bonds is 6. The van der Waals surface area contributed by atoms with E-state index in [-0.39, 0.29) is 11.8 Å². The zero-order chi connectivity index (χ0) is 19.9. The Bertz CT molecular complexity index is 826. The molecule has 1 aliphatic rings. The third-order valence-corrected chi connectivity index (χ3v) is 5.08. The highest BCUT2D eigenvalue weighted by atomic mass is 16.5. The van der Waals surface area contributed by atoms with Gasteiger partial charge in [-0.05, 0) is 55.9 Å². The number of methoxy groups -OCH3 is 1. The van der Waals surface area contributed by atoms with Crippen molar-refractivity contribution in [3.05, 3.63) is 48.0 Å². The van der Waals surface area contributed by atoms with Crippen molar-refractivity contribution in [2.75, 3.05) is 25.5 Å². The summed E-state index contributed by atoms with van der Waals surface area (Å²) in [5, 5.41) is 2.97. The molecule has 7 heteroatoms. The van der Waals surface area contributed by atoms with Crippen LogP contribution in [0.2, 0.25) is 0 Å². The predicted octanol–water partition coefficient (Wildman–Crippen LogP) is 3.06. The molecule has 1 aromatic heterocycles. The van der Waals surface area contributed by atoms with Crippen LogP contribution in [-0.2, 0) is 4.79 Å². The van der Waals surface area contributed by atoms with Gasteiger partial charge in [-0.25, -0.2) is 4.98 Å². The third kappa shape index (κ3) is 5.06. The van der Waals surface area contributed by atoms with Gasteiger partial charge in [0, 0.05) is 37.6 Å². The Balaban J connectivity index is 1.50. The van der Waals surface area contributed by atoms with Crippen molar-refractivity contribution in [2.45, 2.75) is 32.6 Å². The van der Waals surface area contributed by atoms with Crippen molar-refractivity contribution in [2.24, 2.45) is 5.92 Å². The van der Waals surface area contributed by atoms with Crippen molar-refractivity contribution in [3.63, 3.8) is 0 Å². The highest BCUT2D eigenvalue weighted by molar-refractivity contribution is 5.92. The van der Waals surface area contributed by atoms with Gasteiger partial charge in [0.15, 0.2) is 0 Å². The maximum absolute atomic E-state index is 12.5. The molecule has 1 aromatic carbocycles. The third-order valence-electron chi connectivity index (χ3n) is 5.08. The molecule has 0 bridgehead atoms. The van der Waals surface area contributed by atoms with Gasteiger partial charge >= 0.3 is 0 Å². The quantitative estimate of drug-likeness (QED) is 0.830. The first-order valence-corrected chi connectivity index (χ1v) is 9.56. The number of nitrogens with zero attached hydrogens (tertiary/aromatic N) is 3. The largest absolute Gasteiger partial charge is 0.497 e. The Morgan fingerprint density at radius 1 is 1.32 bits per heavy atom. The predicted molar refractivity (Wildman–Crippen MR) is 106 cm³/mol. The summed E-state index contributed by atoms with van der Waals surface area (Å²) in [5.41, 5.74) is 2.14. The van der Waals surface area contributed by atoms with Gasteiger partial charge in [-0.2, -0.15) is 0 Å². The number of hydrogen-bond donors (Lipinski definition) is 1. The SMILES string of the molecule is COc1ccc(NC(=O)CC[C@@H]2CCCN(C(=O)c3cnccn3)C2)c(C)c1. The molecule has 2 amide bonds. The summed E-state index contributed by atoms with van der Waals surface area (Å²) >= 11 is 0. The second-order valence-corrected chi connectivity index (χ2v) is 7.12. The summed E-state index contributed by atoms with van der Waals surface area (Å²) in [4.78, 5) is 34.8. The van der Waals surface area contributed by atoms with E-state index in [4.69, 9.17) is 4.74 Å². The average molecular weight is 382 g/mol. The van der Waals surface area contributed by atoms with E-state index in [0.717, 1.165) is 42.8 Å². The van der Waals surface area contributed by atoms with E-state index < -0.39 is 0 Å². The molecule has 0 aliphatic carbocycles. The summed E-state index contributed by atoms with van der Waals surface area (Å²) in [5.74, 6) is 0.990. The highest BCUT2D eigenvalue weighted by Crippen LogP contribution is 2.24. The van der Waals surface area contributed by atoms with Gasteiger partial charge in [-0.1, -0.05) is 0 Å². The van der Waals surface area contributed by atoms with Crippen LogP contribution < -0.4 is 10.1 Å². The number of ether oxygens (including phenoxy) is 1. The number of anilines is 1. The number of carbonyl (C=O) groups excluding carboxylic acids is 2. The summed E-state index contributed by atoms with van der Waals surface area (Å²) in [6.07, 6.45) is 7.74. The molecule has 2 aromatic rings. The first-order valence-electron chi connectivity index (χ1n) is 9.56. The normalized spacial score (nSPS) is 16.5. The molecule has 7 nitrogen and oxygen atoms in total. The van der Waals surface area contributed by atoms with Crippen LogP contribution in [0.1, 0.15) is 41.7 Å². The summed E-state index contributed by atoms with van der Waals surface area (Å²) in [7, 11) is 1.62. The molecule has 1 atom stereocenters. The number of piperidine rings is 1. The van der Waals surface area contributed by atoms with Crippen molar-refractivity contribution >= 4 is 17.5 Å². The van der Waals surface area contributed by atoms with Gasteiger partial charge in [0.2, 0.25) is 5.91 Å². The van der Waals surface area contributed by atoms with Crippen LogP contribution in [-0.4, -0.2) is 46.9 Å². The maximum Gasteiger partial charge on any atom is 0.274 e. The molecule has 0 radical (unpaired) electrons. The van der Waals surface area contributed by atoms with Crippen LogP contribution in [0.3, 0.4) is 0 Å². The van der Waals surface area contributed by atoms with Gasteiger partial charge in [-0.3, -0.25) is 14.6 Å². The smallest absolute Gasteiger partial charge is 0.274 e. The molecule has 148 valence electrons. The van der Waals surface area contributed by atoms with Crippen molar-refractivity contribution in [1.82, 2.24) is 14.9 Å². The summed E-state index contributed by atoms with van der Waals surface area (Å²) in [6.45, 7) is 3.32. The summed E-state index contributed by atoms with van der Waals surface area (Å²) < 4.78 is 5.19. The van der Waals surface area contributed by atoms with Crippen molar-refractivity contribution < 1.29 is 14.3 Å². The fourth-order valence-corrected chi connectivity index (χ4v) is 3.51. The number of likely N-dealkylation sites (tertiary alicyclic amines) is 1. The Morgan fingerprint density at radius 2 is 2.18 bits per heavy atom. The van der Waals surface area contributed by atoms with Crippen molar-refractivity contribution in [1.29, 1.82) is 0 Å². The van der Waals surface area contributed by atoms with E-state index in [1.54, 1.807) is 13.3 Å². The molecule has 0 unspecified atom stereocenters. The molecule has 3 rings (SSSR count). The van der Waals surface area contributed by atoms with Crippen LogP contribution in [0.5, 0.6) is 5.75 Å². The molecule has 1 aliphatic heterocycles. The molecular formula is C21H26N4O3. The minimum Gasteiger partial charge on any atom is -0.497 e. The number of benzene rings is 1. The van der Waals surface area contributed by atoms with Gasteiger partial charge in [-0.15, -0.1) is 0 Å². The van der Waals surface area contributed by atoms with E-state index in [1.807, 2.05) is 30.0 Å². The fraction of sp³-hybridized carbons (Fsp3) is 0.429. The van der Waals surface area contributed by atoms with E-state index >= 15 is 0 Å². The van der Waals surface area contributed by atoms with Gasteiger partial charge < -0.3 is 15.0 Å². The number of aromatic nitrogens is 2. The molecular weight excluding hydrogens is 356 g/mol. The van der Waals surface area contributed by atoms with Crippen LogP contribution in [0, 0.1) is 12.8 Å². The van der Waals surface area contributed by atoms with Gasteiger partial charge in [0.1, 0.15) is 11.4 Å². The van der Waals surface area contributed by atoms with Gasteiger partial charge in [0.05, 0.1) is 13.3 Å². The lowest BCUT2D eigenvalue weighted by molar-refractivity contribution is -0.116. The van der Waals surface area contributed by atoms with Crippen LogP contribution in [0.25, 0.3) is 0 Å². The standard InChI is InChI=1S/C21H26N4O3/c1-15-12-17(28-2)6-7-18(15)24-20(26)8-5-16-4-3-11-25(14-16)21(27)19-13-22-9-10-23-19/h6-7,9-10,12-13,16H,3-5,8,11,14H2,1-2H3,(H,24,26)/t16-/m0/s1. The van der Waals surface area contributed by atoms with E-state index in [2.05, 4.69) is 15.3 Å². The average Bonchev–Trinajstić information content (AvgIpc) is 2.74. The lowest BCUT2D eigenvalue weighted by Crippen LogP contribution is -2.40. The van der Waals surface area contributed by atoms with Crippen molar-refractivity contribution in [3.8, 4) is 5.75 Å². The first kappa shape index (κ1) is 19.8. The monoisotopic (exact) mass is 382 g/mol. The minimum atomic E-state index is -0.0869. The van der Waals surface area contributed by atoms with Crippen LogP contribution >= 0.6 is 0 Å². The number of hydrogen-bond acceptors (Lipinski definition) is 5. The maximum atomic E-state index is 12.5. The van der Waals surface area contributed by atoms with Gasteiger partial charge in [0.25, 0.3) is 5.91 Å². The lowest BCUT2D eigenvalue weighted by atomic mass is 9.93. The zero-order valence-corrected chi connectivity index (χ0v) is 16.4. The van der Waals surface area contributed by atoms with Crippen LogP contribution in [0.4, 0.5) is 5.69 Å². The second kappa shape index (κ2) is 9.30. The highest BCUT2D eigenvalue weighted by Gasteiger charge is 2.25. The Labute approximate surface area is 165 Å². The minimum absolute atomic E-state index is 0.00866. The Kier molecular flexibility index (Phi) is 6.57. The first-order chi connectivity index (χ1) is 13.6. The van der Waals surface area contributed by atoms with Crippen LogP contribution in [0.15, 0.2) is 36.8 Å². The Hall–Kier alpha value is -2.96. The number of nitrogens with one attached hydrogen (secondary N) is 1. The number of aryl methyl sites for hydroxylation is 1. The topological polar surface area (TPSA) is 84.4 Å². The fourth-order valence-electron chi connectivity index (χ4n) is 3.51. The van der Waals surface area contributed by atoms with E-state index in [9.17, 15) is 9.59 Å². The second-order valence-electron chi connectivity index (χ2n) is 7.12.